The molecule has 0 saturated heterocycles. The van der Waals surface area contributed by atoms with Gasteiger partial charge in [-0.1, -0.05) is 88.1 Å². The van der Waals surface area contributed by atoms with Crippen LogP contribution < -0.4 is 0 Å². The second-order valence-corrected chi connectivity index (χ2v) is 11.6. The molecule has 0 heterocycles. The van der Waals surface area contributed by atoms with Gasteiger partial charge in [-0.2, -0.15) is 0 Å². The molecule has 43 heavy (non-hydrogen) atoms. The van der Waals surface area contributed by atoms with E-state index in [0.29, 0.717) is 12.8 Å². The van der Waals surface area contributed by atoms with Crippen molar-refractivity contribution in [3.63, 3.8) is 0 Å². The summed E-state index contributed by atoms with van der Waals surface area (Å²) >= 11 is 0. The Morgan fingerprint density at radius 1 is 0.721 bits per heavy atom. The molecule has 0 rings (SSSR count). The smallest absolute Gasteiger partial charge is 0.462 e. The number of carbonyl (C=O) groups is 2. The van der Waals surface area contributed by atoms with Crippen molar-refractivity contribution in [3.8, 4) is 0 Å². The van der Waals surface area contributed by atoms with Crippen molar-refractivity contribution in [2.75, 3.05) is 26.4 Å². The summed E-state index contributed by atoms with van der Waals surface area (Å²) in [5, 5.41) is 18.1. The highest BCUT2D eigenvalue weighted by Crippen LogP contribution is 2.43. The fourth-order valence-electron chi connectivity index (χ4n) is 3.61. The van der Waals surface area contributed by atoms with Gasteiger partial charge >= 0.3 is 19.8 Å². The Morgan fingerprint density at radius 3 is 1.88 bits per heavy atom. The summed E-state index contributed by atoms with van der Waals surface area (Å²) in [4.78, 5) is 33.8. The van der Waals surface area contributed by atoms with Crippen LogP contribution in [0.4, 0.5) is 0 Å². The molecule has 0 bridgehead atoms. The quantitative estimate of drug-likeness (QED) is 0.0371. The summed E-state index contributed by atoms with van der Waals surface area (Å²) in [5.41, 5.74) is 0. The minimum Gasteiger partial charge on any atom is -0.462 e. The molecule has 0 aliphatic carbocycles. The average Bonchev–Trinajstić information content (AvgIpc) is 2.98. The standard InChI is InChI=1S/C32H55O10P/c1-3-5-6-7-8-9-10-11-12-13-14-15-16-17-18-19-20-21-22-24-32(36)42-30(27-39-31(35)23-4-2)28-41-43(37,38)40-26-29(34)25-33/h5-6,8-9,11-12,14-15,29-30,33-34H,3-4,7,10,13,16-28H2,1-2H3,(H,37,38)/b6-5-,9-8-,12-11-,15-14-. The van der Waals surface area contributed by atoms with Crippen LogP contribution >= 0.6 is 7.82 Å². The summed E-state index contributed by atoms with van der Waals surface area (Å²) in [6, 6.07) is 0. The number of ether oxygens (including phenoxy) is 2. The lowest BCUT2D eigenvalue weighted by molar-refractivity contribution is -0.161. The van der Waals surface area contributed by atoms with Crippen LogP contribution in [0.1, 0.15) is 104 Å². The summed E-state index contributed by atoms with van der Waals surface area (Å²) in [6.07, 6.45) is 27.0. The van der Waals surface area contributed by atoms with Crippen LogP contribution in [-0.4, -0.2) is 65.7 Å². The molecular formula is C32H55O10P. The number of hydrogen-bond acceptors (Lipinski definition) is 9. The fraction of sp³-hybridized carbons (Fsp3) is 0.688. The fourth-order valence-corrected chi connectivity index (χ4v) is 4.40. The normalized spacial score (nSPS) is 15.0. The molecule has 0 fully saturated rings. The Bertz CT molecular complexity index is 868. The van der Waals surface area contributed by atoms with Crippen molar-refractivity contribution in [2.24, 2.45) is 0 Å². The van der Waals surface area contributed by atoms with Crippen LogP contribution in [0.3, 0.4) is 0 Å². The second kappa shape index (κ2) is 28.7. The van der Waals surface area contributed by atoms with Crippen molar-refractivity contribution in [2.45, 2.75) is 116 Å². The minimum atomic E-state index is -4.59. The van der Waals surface area contributed by atoms with E-state index < -0.39 is 51.8 Å². The molecule has 11 heteroatoms. The number of rotatable bonds is 28. The molecular weight excluding hydrogens is 575 g/mol. The Morgan fingerprint density at radius 2 is 1.28 bits per heavy atom. The zero-order chi connectivity index (χ0) is 32.0. The van der Waals surface area contributed by atoms with Gasteiger partial charge in [0.05, 0.1) is 19.8 Å². The molecule has 0 spiro atoms. The van der Waals surface area contributed by atoms with Gasteiger partial charge in [0.15, 0.2) is 6.10 Å². The van der Waals surface area contributed by atoms with E-state index in [2.05, 4.69) is 60.1 Å². The Labute approximate surface area is 258 Å². The van der Waals surface area contributed by atoms with E-state index in [0.717, 1.165) is 64.2 Å². The molecule has 0 saturated carbocycles. The predicted molar refractivity (Wildman–Crippen MR) is 168 cm³/mol. The van der Waals surface area contributed by atoms with Crippen molar-refractivity contribution >= 4 is 19.8 Å². The van der Waals surface area contributed by atoms with Crippen LogP contribution in [-0.2, 0) is 32.7 Å². The van der Waals surface area contributed by atoms with Crippen molar-refractivity contribution < 1.29 is 47.8 Å². The van der Waals surface area contributed by atoms with Crippen molar-refractivity contribution in [1.29, 1.82) is 0 Å². The third kappa shape index (κ3) is 28.5. The van der Waals surface area contributed by atoms with E-state index >= 15 is 0 Å². The molecule has 0 radical (unpaired) electrons. The van der Waals surface area contributed by atoms with Gasteiger partial charge < -0.3 is 24.6 Å². The number of allylic oxidation sites excluding steroid dienone is 8. The highest BCUT2D eigenvalue weighted by atomic mass is 31.2. The lowest BCUT2D eigenvalue weighted by atomic mass is 10.1. The second-order valence-electron chi connectivity index (χ2n) is 10.1. The number of phosphoric acid groups is 1. The highest BCUT2D eigenvalue weighted by Gasteiger charge is 2.27. The Balaban J connectivity index is 4.13. The lowest BCUT2D eigenvalue weighted by Gasteiger charge is -2.20. The first-order valence-electron chi connectivity index (χ1n) is 15.6. The molecule has 3 N–H and O–H groups in total. The Hall–Kier alpha value is -2.07. The van der Waals surface area contributed by atoms with Crippen LogP contribution in [0.5, 0.6) is 0 Å². The number of hydrogen-bond donors (Lipinski definition) is 3. The predicted octanol–water partition coefficient (Wildman–Crippen LogP) is 6.65. The topological polar surface area (TPSA) is 149 Å². The summed E-state index contributed by atoms with van der Waals surface area (Å²) in [5.74, 6) is -1.01. The zero-order valence-electron chi connectivity index (χ0n) is 26.1. The van der Waals surface area contributed by atoms with Crippen molar-refractivity contribution in [3.05, 3.63) is 48.6 Å². The van der Waals surface area contributed by atoms with Gasteiger partial charge in [0.25, 0.3) is 0 Å². The molecule has 0 aromatic carbocycles. The number of esters is 2. The third-order valence-electron chi connectivity index (χ3n) is 5.97. The maximum absolute atomic E-state index is 12.3. The van der Waals surface area contributed by atoms with Gasteiger partial charge in [-0.3, -0.25) is 18.6 Å². The SMILES string of the molecule is CC/C=C\C/C=C\C/C=C\C/C=C\CCCCCCCCC(=O)OC(COC(=O)CCC)COP(=O)(O)OCC(O)CO. The van der Waals surface area contributed by atoms with E-state index in [4.69, 9.17) is 19.1 Å². The first-order valence-corrected chi connectivity index (χ1v) is 17.1. The molecule has 0 amide bonds. The molecule has 0 aliphatic rings. The highest BCUT2D eigenvalue weighted by molar-refractivity contribution is 7.47. The monoisotopic (exact) mass is 630 g/mol. The maximum Gasteiger partial charge on any atom is 0.472 e. The number of aliphatic hydroxyl groups excluding tert-OH is 2. The minimum absolute atomic E-state index is 0.164. The van der Waals surface area contributed by atoms with E-state index in [9.17, 15) is 24.2 Å². The van der Waals surface area contributed by atoms with Gasteiger partial charge in [0.1, 0.15) is 12.7 Å². The van der Waals surface area contributed by atoms with E-state index in [-0.39, 0.29) is 19.4 Å². The van der Waals surface area contributed by atoms with Crippen LogP contribution in [0, 0.1) is 0 Å². The summed E-state index contributed by atoms with van der Waals surface area (Å²) in [7, 11) is -4.59. The first-order chi connectivity index (χ1) is 20.7. The van der Waals surface area contributed by atoms with E-state index in [1.165, 1.54) is 0 Å². The number of carbonyl (C=O) groups excluding carboxylic acids is 2. The van der Waals surface area contributed by atoms with Crippen LogP contribution in [0.2, 0.25) is 0 Å². The first kappa shape index (κ1) is 40.9. The van der Waals surface area contributed by atoms with Crippen molar-refractivity contribution in [1.82, 2.24) is 0 Å². The van der Waals surface area contributed by atoms with E-state index in [1.807, 2.05) is 6.92 Å². The molecule has 248 valence electrons. The molecule has 0 aromatic heterocycles. The van der Waals surface area contributed by atoms with Gasteiger partial charge in [0.2, 0.25) is 0 Å². The number of phosphoric ester groups is 1. The average molecular weight is 631 g/mol. The molecule has 3 unspecified atom stereocenters. The van der Waals surface area contributed by atoms with Gasteiger partial charge in [-0.25, -0.2) is 4.57 Å². The number of aliphatic hydroxyl groups is 2. The number of unbranched alkanes of at least 4 members (excludes halogenated alkanes) is 6. The molecule has 0 aromatic rings. The summed E-state index contributed by atoms with van der Waals surface area (Å²) < 4.78 is 31.8. The summed E-state index contributed by atoms with van der Waals surface area (Å²) in [6.45, 7) is 1.80. The van der Waals surface area contributed by atoms with Gasteiger partial charge in [-0.15, -0.1) is 0 Å². The largest absolute Gasteiger partial charge is 0.472 e. The van der Waals surface area contributed by atoms with Gasteiger partial charge in [-0.05, 0) is 51.4 Å². The third-order valence-corrected chi connectivity index (χ3v) is 6.92. The lowest BCUT2D eigenvalue weighted by Crippen LogP contribution is -2.29. The zero-order valence-corrected chi connectivity index (χ0v) is 27.0. The van der Waals surface area contributed by atoms with Gasteiger partial charge in [0, 0.05) is 12.8 Å². The van der Waals surface area contributed by atoms with Crippen LogP contribution in [0.25, 0.3) is 0 Å². The van der Waals surface area contributed by atoms with Crippen LogP contribution in [0.15, 0.2) is 48.6 Å². The van der Waals surface area contributed by atoms with E-state index in [1.54, 1.807) is 0 Å². The maximum atomic E-state index is 12.3. The Kier molecular flexibility index (Phi) is 27.3. The molecule has 3 atom stereocenters. The molecule has 10 nitrogen and oxygen atoms in total. The molecule has 0 aliphatic heterocycles.